The summed E-state index contributed by atoms with van der Waals surface area (Å²) >= 11 is 0. The highest BCUT2D eigenvalue weighted by atomic mass is 15.4. The van der Waals surface area contributed by atoms with Gasteiger partial charge in [0.05, 0.1) is 23.6 Å². The molecular formula is C14H21N5. The van der Waals surface area contributed by atoms with Crippen LogP contribution in [0, 0.1) is 0 Å². The van der Waals surface area contributed by atoms with Crippen LogP contribution in [0.1, 0.15) is 18.2 Å². The van der Waals surface area contributed by atoms with Crippen molar-refractivity contribution in [1.29, 1.82) is 0 Å². The molecule has 0 radical (unpaired) electrons. The molecular weight excluding hydrogens is 238 g/mol. The smallest absolute Gasteiger partial charge is 0.0815 e. The van der Waals surface area contributed by atoms with E-state index >= 15 is 0 Å². The Hall–Kier alpha value is -1.72. The van der Waals surface area contributed by atoms with Crippen molar-refractivity contribution in [3.63, 3.8) is 0 Å². The summed E-state index contributed by atoms with van der Waals surface area (Å²) in [5, 5.41) is 11.6. The van der Waals surface area contributed by atoms with E-state index in [1.807, 2.05) is 48.3 Å². The molecule has 1 unspecified atom stereocenters. The molecule has 1 atom stereocenters. The van der Waals surface area contributed by atoms with Gasteiger partial charge in [0.25, 0.3) is 0 Å². The van der Waals surface area contributed by atoms with Crippen LogP contribution in [-0.2, 0) is 0 Å². The second-order valence-corrected chi connectivity index (χ2v) is 4.84. The van der Waals surface area contributed by atoms with Gasteiger partial charge in [0.2, 0.25) is 0 Å². The molecule has 19 heavy (non-hydrogen) atoms. The molecule has 0 aliphatic rings. The zero-order chi connectivity index (χ0) is 13.7. The lowest BCUT2D eigenvalue weighted by molar-refractivity contribution is 0.364. The minimum Gasteiger partial charge on any atom is -0.312 e. The van der Waals surface area contributed by atoms with E-state index in [4.69, 9.17) is 0 Å². The quantitative estimate of drug-likeness (QED) is 0.853. The van der Waals surface area contributed by atoms with E-state index in [-0.39, 0.29) is 6.04 Å². The summed E-state index contributed by atoms with van der Waals surface area (Å²) in [5.74, 6) is 0. The van der Waals surface area contributed by atoms with Crippen LogP contribution in [0.5, 0.6) is 0 Å². The molecule has 0 saturated heterocycles. The van der Waals surface area contributed by atoms with Crippen LogP contribution in [0.2, 0.25) is 0 Å². The van der Waals surface area contributed by atoms with Crippen molar-refractivity contribution in [3.05, 3.63) is 42.2 Å². The molecule has 0 fully saturated rings. The fourth-order valence-corrected chi connectivity index (χ4v) is 2.08. The van der Waals surface area contributed by atoms with Crippen molar-refractivity contribution >= 4 is 0 Å². The zero-order valence-corrected chi connectivity index (χ0v) is 11.7. The van der Waals surface area contributed by atoms with Crippen LogP contribution in [0.15, 0.2) is 36.5 Å². The molecule has 1 N–H and O–H groups in total. The average molecular weight is 259 g/mol. The number of para-hydroxylation sites is 1. The molecule has 0 saturated carbocycles. The Morgan fingerprint density at radius 2 is 2.00 bits per heavy atom. The summed E-state index contributed by atoms with van der Waals surface area (Å²) in [5.41, 5.74) is 2.13. The number of benzene rings is 1. The average Bonchev–Trinajstić information content (AvgIpc) is 2.89. The summed E-state index contributed by atoms with van der Waals surface area (Å²) in [7, 11) is 6.14. The van der Waals surface area contributed by atoms with E-state index in [2.05, 4.69) is 34.6 Å². The maximum absolute atomic E-state index is 4.20. The molecule has 1 aromatic carbocycles. The van der Waals surface area contributed by atoms with Crippen molar-refractivity contribution in [3.8, 4) is 5.69 Å². The van der Waals surface area contributed by atoms with Gasteiger partial charge in [0.15, 0.2) is 0 Å². The van der Waals surface area contributed by atoms with Crippen molar-refractivity contribution < 1.29 is 0 Å². The van der Waals surface area contributed by atoms with E-state index in [0.29, 0.717) is 0 Å². The van der Waals surface area contributed by atoms with Crippen LogP contribution in [0.25, 0.3) is 5.69 Å². The fraction of sp³-hybridized carbons (Fsp3) is 0.429. The maximum Gasteiger partial charge on any atom is 0.0815 e. The Morgan fingerprint density at radius 3 is 2.63 bits per heavy atom. The molecule has 0 bridgehead atoms. The van der Waals surface area contributed by atoms with E-state index in [1.54, 1.807) is 0 Å². The summed E-state index contributed by atoms with van der Waals surface area (Å²) in [6.07, 6.45) is 2.85. The van der Waals surface area contributed by atoms with Crippen LogP contribution < -0.4 is 5.32 Å². The largest absolute Gasteiger partial charge is 0.312 e. The predicted octanol–water partition coefficient (Wildman–Crippen LogP) is 1.48. The molecule has 1 aromatic heterocycles. The summed E-state index contributed by atoms with van der Waals surface area (Å²) in [6, 6.07) is 10.3. The topological polar surface area (TPSA) is 46.0 Å². The highest BCUT2D eigenvalue weighted by Crippen LogP contribution is 2.18. The van der Waals surface area contributed by atoms with Gasteiger partial charge in [-0.1, -0.05) is 23.4 Å². The van der Waals surface area contributed by atoms with E-state index in [0.717, 1.165) is 24.3 Å². The van der Waals surface area contributed by atoms with Gasteiger partial charge in [-0.2, -0.15) is 0 Å². The summed E-state index contributed by atoms with van der Waals surface area (Å²) in [6.45, 7) is 1.02. The van der Waals surface area contributed by atoms with E-state index in [1.165, 1.54) is 0 Å². The molecule has 102 valence electrons. The molecule has 0 aliphatic carbocycles. The van der Waals surface area contributed by atoms with Crippen LogP contribution in [-0.4, -0.2) is 47.6 Å². The normalized spacial score (nSPS) is 12.8. The SMILES string of the molecule is CNC(CCN(C)C)c1cnnn1-c1ccccc1. The van der Waals surface area contributed by atoms with Crippen molar-refractivity contribution in [2.45, 2.75) is 12.5 Å². The number of hydrogen-bond acceptors (Lipinski definition) is 4. The van der Waals surface area contributed by atoms with Crippen molar-refractivity contribution in [1.82, 2.24) is 25.2 Å². The first-order valence-corrected chi connectivity index (χ1v) is 6.50. The highest BCUT2D eigenvalue weighted by Gasteiger charge is 2.16. The summed E-state index contributed by atoms with van der Waals surface area (Å²) in [4.78, 5) is 2.18. The van der Waals surface area contributed by atoms with Gasteiger partial charge in [-0.15, -0.1) is 5.10 Å². The Bertz CT molecular complexity index is 492. The Balaban J connectivity index is 2.22. The van der Waals surface area contributed by atoms with Gasteiger partial charge in [-0.3, -0.25) is 0 Å². The lowest BCUT2D eigenvalue weighted by Crippen LogP contribution is -2.24. The molecule has 5 heteroatoms. The van der Waals surface area contributed by atoms with Gasteiger partial charge in [-0.25, -0.2) is 4.68 Å². The predicted molar refractivity (Wildman–Crippen MR) is 76.3 cm³/mol. The molecule has 0 spiro atoms. The van der Waals surface area contributed by atoms with Gasteiger partial charge in [0, 0.05) is 0 Å². The third-order valence-corrected chi connectivity index (χ3v) is 3.15. The standard InChI is InChI=1S/C14H21N5/c1-15-13(9-10-18(2)3)14-11-16-17-19(14)12-7-5-4-6-8-12/h4-8,11,13,15H,9-10H2,1-3H3. The number of aromatic nitrogens is 3. The minimum absolute atomic E-state index is 0.248. The molecule has 0 aliphatic heterocycles. The highest BCUT2D eigenvalue weighted by molar-refractivity contribution is 5.32. The molecule has 5 nitrogen and oxygen atoms in total. The van der Waals surface area contributed by atoms with Crippen LogP contribution >= 0.6 is 0 Å². The molecule has 1 heterocycles. The fourth-order valence-electron chi connectivity index (χ4n) is 2.08. The number of nitrogens with zero attached hydrogens (tertiary/aromatic N) is 4. The Morgan fingerprint density at radius 1 is 1.26 bits per heavy atom. The summed E-state index contributed by atoms with van der Waals surface area (Å²) < 4.78 is 1.90. The number of hydrogen-bond donors (Lipinski definition) is 1. The number of nitrogens with one attached hydrogen (secondary N) is 1. The van der Waals surface area contributed by atoms with Gasteiger partial charge in [0.1, 0.15) is 0 Å². The molecule has 0 amide bonds. The van der Waals surface area contributed by atoms with Crippen molar-refractivity contribution in [2.24, 2.45) is 0 Å². The Kier molecular flexibility index (Phi) is 4.65. The number of rotatable bonds is 6. The lowest BCUT2D eigenvalue weighted by Gasteiger charge is -2.19. The second-order valence-electron chi connectivity index (χ2n) is 4.84. The molecule has 2 aromatic rings. The monoisotopic (exact) mass is 259 g/mol. The first kappa shape index (κ1) is 13.7. The minimum atomic E-state index is 0.248. The second kappa shape index (κ2) is 6.45. The first-order chi connectivity index (χ1) is 9.22. The molecule has 2 rings (SSSR count). The maximum atomic E-state index is 4.20. The Labute approximate surface area is 114 Å². The van der Waals surface area contributed by atoms with Gasteiger partial charge >= 0.3 is 0 Å². The first-order valence-electron chi connectivity index (χ1n) is 6.50. The zero-order valence-electron chi connectivity index (χ0n) is 11.7. The van der Waals surface area contributed by atoms with E-state index in [9.17, 15) is 0 Å². The third kappa shape index (κ3) is 3.39. The van der Waals surface area contributed by atoms with Gasteiger partial charge < -0.3 is 10.2 Å². The lowest BCUT2D eigenvalue weighted by atomic mass is 10.1. The van der Waals surface area contributed by atoms with Crippen LogP contribution in [0.3, 0.4) is 0 Å². The third-order valence-electron chi connectivity index (χ3n) is 3.15. The van der Waals surface area contributed by atoms with E-state index < -0.39 is 0 Å². The van der Waals surface area contributed by atoms with Crippen LogP contribution in [0.4, 0.5) is 0 Å². The van der Waals surface area contributed by atoms with Gasteiger partial charge in [-0.05, 0) is 46.2 Å². The van der Waals surface area contributed by atoms with Crippen molar-refractivity contribution in [2.75, 3.05) is 27.7 Å².